The molecular formula is C47H34N4O2. The van der Waals surface area contributed by atoms with Gasteiger partial charge < -0.3 is 22.1 Å². The number of hydrogen-bond acceptors (Lipinski definition) is 4. The van der Waals surface area contributed by atoms with Crippen LogP contribution in [0.25, 0.3) is 32.7 Å². The highest BCUT2D eigenvalue weighted by Gasteiger charge is 2.45. The molecular weight excluding hydrogens is 653 g/mol. The standard InChI is InChI=1S/C47H34N4O2/c48-43-27-25-39(33-9-1-3-13-37(33)43)45(52)50-31-21-17-29(18-22-31)47(41-15-7-5-11-35(41)36-12-6-8-16-42(36)47)30-19-23-32(24-20-30)51-46(53)40-26-28-44(49)38-14-4-2-10-34(38)40/h1-28H,48-49H2,(H,50,52)(H,51,53). The summed E-state index contributed by atoms with van der Waals surface area (Å²) in [7, 11) is 0. The normalized spacial score (nSPS) is 12.6. The number of nitrogens with two attached hydrogens (primary N) is 2. The van der Waals surface area contributed by atoms with Crippen molar-refractivity contribution in [1.29, 1.82) is 0 Å². The van der Waals surface area contributed by atoms with Gasteiger partial charge in [-0.05, 0) is 92.7 Å². The number of nitrogens with one attached hydrogen (secondary N) is 2. The quantitative estimate of drug-likeness (QED) is 0.131. The van der Waals surface area contributed by atoms with Crippen molar-refractivity contribution >= 4 is 56.1 Å². The van der Waals surface area contributed by atoms with Crippen molar-refractivity contribution in [1.82, 2.24) is 0 Å². The third-order valence-electron chi connectivity index (χ3n) is 10.5. The van der Waals surface area contributed by atoms with Crippen molar-refractivity contribution in [3.63, 3.8) is 0 Å². The maximum absolute atomic E-state index is 13.6. The molecule has 1 aliphatic rings. The molecule has 2 amide bonds. The molecule has 0 bridgehead atoms. The van der Waals surface area contributed by atoms with Gasteiger partial charge in [-0.25, -0.2) is 0 Å². The maximum atomic E-state index is 13.6. The van der Waals surface area contributed by atoms with E-state index in [1.165, 1.54) is 11.1 Å². The van der Waals surface area contributed by atoms with Gasteiger partial charge in [-0.3, -0.25) is 9.59 Å². The van der Waals surface area contributed by atoms with Crippen LogP contribution in [0.2, 0.25) is 0 Å². The molecule has 0 fully saturated rings. The summed E-state index contributed by atoms with van der Waals surface area (Å²) in [5.74, 6) is -0.408. The lowest BCUT2D eigenvalue weighted by molar-refractivity contribution is 0.102. The van der Waals surface area contributed by atoms with Gasteiger partial charge in [0.05, 0.1) is 5.41 Å². The molecule has 0 atom stereocenters. The molecule has 0 aliphatic heterocycles. The summed E-state index contributed by atoms with van der Waals surface area (Å²) in [4.78, 5) is 27.2. The van der Waals surface area contributed by atoms with Crippen LogP contribution in [0.4, 0.5) is 22.7 Å². The number of carbonyl (C=O) groups is 2. The Hall–Kier alpha value is -7.18. The van der Waals surface area contributed by atoms with Crippen LogP contribution < -0.4 is 22.1 Å². The van der Waals surface area contributed by atoms with Crippen molar-refractivity contribution in [2.75, 3.05) is 22.1 Å². The second kappa shape index (κ2) is 12.5. The van der Waals surface area contributed by atoms with E-state index in [1.807, 2.05) is 72.8 Å². The van der Waals surface area contributed by atoms with E-state index in [1.54, 1.807) is 24.3 Å². The zero-order chi connectivity index (χ0) is 36.1. The van der Waals surface area contributed by atoms with E-state index in [-0.39, 0.29) is 11.8 Å². The van der Waals surface area contributed by atoms with Crippen LogP contribution in [0.5, 0.6) is 0 Å². The number of rotatable bonds is 6. The fourth-order valence-electron chi connectivity index (χ4n) is 8.07. The molecule has 0 saturated heterocycles. The SMILES string of the molecule is Nc1ccc(C(=O)Nc2ccc(C3(c4ccc(NC(=O)c5ccc(N)c6ccccc56)cc4)c4ccccc4-c4ccccc43)cc2)c2ccccc12. The van der Waals surface area contributed by atoms with Gasteiger partial charge in [-0.2, -0.15) is 0 Å². The van der Waals surface area contributed by atoms with Crippen molar-refractivity contribution in [2.24, 2.45) is 0 Å². The third-order valence-corrected chi connectivity index (χ3v) is 10.5. The van der Waals surface area contributed by atoms with E-state index in [9.17, 15) is 9.59 Å². The predicted molar refractivity (Wildman–Crippen MR) is 216 cm³/mol. The molecule has 0 aromatic heterocycles. The summed E-state index contributed by atoms with van der Waals surface area (Å²) in [6.07, 6.45) is 0. The van der Waals surface area contributed by atoms with Gasteiger partial charge in [0, 0.05) is 44.6 Å². The van der Waals surface area contributed by atoms with E-state index in [4.69, 9.17) is 11.5 Å². The maximum Gasteiger partial charge on any atom is 0.256 e. The smallest absolute Gasteiger partial charge is 0.256 e. The number of benzene rings is 8. The minimum atomic E-state index is -0.654. The highest BCUT2D eigenvalue weighted by Crippen LogP contribution is 2.56. The summed E-state index contributed by atoms with van der Waals surface area (Å²) in [6.45, 7) is 0. The lowest BCUT2D eigenvalue weighted by Gasteiger charge is -2.34. The molecule has 8 aromatic rings. The Bertz CT molecular complexity index is 2550. The largest absolute Gasteiger partial charge is 0.398 e. The van der Waals surface area contributed by atoms with E-state index in [2.05, 4.69) is 83.4 Å². The van der Waals surface area contributed by atoms with Crippen LogP contribution in [0.15, 0.2) is 170 Å². The molecule has 6 N–H and O–H groups in total. The fraction of sp³-hybridized carbons (Fsp3) is 0.0213. The second-order valence-electron chi connectivity index (χ2n) is 13.4. The van der Waals surface area contributed by atoms with E-state index < -0.39 is 5.41 Å². The van der Waals surface area contributed by atoms with E-state index >= 15 is 0 Å². The Labute approximate surface area is 306 Å². The first-order valence-electron chi connectivity index (χ1n) is 17.5. The summed E-state index contributed by atoms with van der Waals surface area (Å²) >= 11 is 0. The highest BCUT2D eigenvalue weighted by atomic mass is 16.2. The first-order valence-corrected chi connectivity index (χ1v) is 17.5. The minimum Gasteiger partial charge on any atom is -0.398 e. The number of carbonyl (C=O) groups excluding carboxylic acids is 2. The molecule has 6 nitrogen and oxygen atoms in total. The molecule has 8 aromatic carbocycles. The Morgan fingerprint density at radius 1 is 0.396 bits per heavy atom. The Morgan fingerprint density at radius 2 is 0.755 bits per heavy atom. The molecule has 9 rings (SSSR count). The number of fused-ring (bicyclic) bond motifs is 5. The number of nitrogen functional groups attached to an aromatic ring is 2. The summed E-state index contributed by atoms with van der Waals surface area (Å²) in [5.41, 5.74) is 22.3. The Kier molecular flexibility index (Phi) is 7.52. The van der Waals surface area contributed by atoms with Gasteiger partial charge in [0.25, 0.3) is 11.8 Å². The highest BCUT2D eigenvalue weighted by molar-refractivity contribution is 6.16. The lowest BCUT2D eigenvalue weighted by atomic mass is 9.67. The van der Waals surface area contributed by atoms with Crippen LogP contribution in [0, 0.1) is 0 Å². The summed E-state index contributed by atoms with van der Waals surface area (Å²) in [6, 6.07) is 55.7. The van der Waals surface area contributed by atoms with Crippen molar-refractivity contribution in [3.8, 4) is 11.1 Å². The third kappa shape index (κ3) is 5.11. The molecule has 6 heteroatoms. The second-order valence-corrected chi connectivity index (χ2v) is 13.4. The average Bonchev–Trinajstić information content (AvgIpc) is 3.50. The van der Waals surface area contributed by atoms with Gasteiger partial charge in [-0.1, -0.05) is 121 Å². The first-order chi connectivity index (χ1) is 25.9. The van der Waals surface area contributed by atoms with E-state index in [0.29, 0.717) is 33.9 Å². The lowest BCUT2D eigenvalue weighted by Crippen LogP contribution is -2.28. The monoisotopic (exact) mass is 686 g/mol. The van der Waals surface area contributed by atoms with Crippen LogP contribution in [0.3, 0.4) is 0 Å². The van der Waals surface area contributed by atoms with Gasteiger partial charge in [0.15, 0.2) is 0 Å². The van der Waals surface area contributed by atoms with Gasteiger partial charge >= 0.3 is 0 Å². The van der Waals surface area contributed by atoms with Gasteiger partial charge in [0.1, 0.15) is 0 Å². The minimum absolute atomic E-state index is 0.204. The Balaban J connectivity index is 1.09. The molecule has 0 unspecified atom stereocenters. The average molecular weight is 687 g/mol. The first kappa shape index (κ1) is 31.8. The van der Waals surface area contributed by atoms with Gasteiger partial charge in [-0.15, -0.1) is 0 Å². The molecule has 0 heterocycles. The van der Waals surface area contributed by atoms with Crippen molar-refractivity contribution in [3.05, 3.63) is 203 Å². The van der Waals surface area contributed by atoms with Crippen molar-refractivity contribution < 1.29 is 9.59 Å². The fourth-order valence-corrected chi connectivity index (χ4v) is 8.07. The van der Waals surface area contributed by atoms with Crippen molar-refractivity contribution in [2.45, 2.75) is 5.41 Å². The van der Waals surface area contributed by atoms with Crippen LogP contribution in [-0.2, 0) is 5.41 Å². The molecule has 1 aliphatic carbocycles. The topological polar surface area (TPSA) is 110 Å². The molecule has 53 heavy (non-hydrogen) atoms. The number of amides is 2. The molecule has 0 spiro atoms. The van der Waals surface area contributed by atoms with E-state index in [0.717, 1.165) is 43.8 Å². The summed E-state index contributed by atoms with van der Waals surface area (Å²) in [5, 5.41) is 9.52. The Morgan fingerprint density at radius 3 is 1.17 bits per heavy atom. The zero-order valence-corrected chi connectivity index (χ0v) is 28.6. The molecule has 0 saturated carbocycles. The van der Waals surface area contributed by atoms with Crippen LogP contribution in [-0.4, -0.2) is 11.8 Å². The number of hydrogen-bond donors (Lipinski definition) is 4. The van der Waals surface area contributed by atoms with Gasteiger partial charge in [0.2, 0.25) is 0 Å². The summed E-state index contributed by atoms with van der Waals surface area (Å²) < 4.78 is 0. The predicted octanol–water partition coefficient (Wildman–Crippen LogP) is 10.0. The zero-order valence-electron chi connectivity index (χ0n) is 28.6. The van der Waals surface area contributed by atoms with Crippen LogP contribution in [0.1, 0.15) is 43.0 Å². The molecule has 254 valence electrons. The number of anilines is 4. The molecule has 0 radical (unpaired) electrons. The van der Waals surface area contributed by atoms with Crippen LogP contribution >= 0.6 is 0 Å².